The Morgan fingerprint density at radius 2 is 1.82 bits per heavy atom. The summed E-state index contributed by atoms with van der Waals surface area (Å²) in [6.07, 6.45) is -3.07. The van der Waals surface area contributed by atoms with E-state index in [0.29, 0.717) is 0 Å². The van der Waals surface area contributed by atoms with Gasteiger partial charge in [-0.1, -0.05) is 18.2 Å². The van der Waals surface area contributed by atoms with Crippen LogP contribution in [0.25, 0.3) is 0 Å². The first-order valence-corrected chi connectivity index (χ1v) is 7.20. The standard InChI is InChI=1S/C15H10F3IN2O/c16-15(17,18)12-3-1-2-11(8-12)14(22)21-20-9-10-4-6-13(19)7-5-10/h1-9H,(H,21,22)/b20-9+. The minimum absolute atomic E-state index is 0.102. The van der Waals surface area contributed by atoms with Gasteiger partial charge in [0.05, 0.1) is 11.8 Å². The monoisotopic (exact) mass is 418 g/mol. The minimum atomic E-state index is -4.49. The molecule has 0 unspecified atom stereocenters. The molecule has 114 valence electrons. The fourth-order valence-corrected chi connectivity index (χ4v) is 1.98. The van der Waals surface area contributed by atoms with Gasteiger partial charge in [-0.3, -0.25) is 4.79 Å². The van der Waals surface area contributed by atoms with Crippen molar-refractivity contribution in [2.45, 2.75) is 6.18 Å². The third-order valence-corrected chi connectivity index (χ3v) is 3.42. The first kappa shape index (κ1) is 16.5. The lowest BCUT2D eigenvalue weighted by molar-refractivity contribution is -0.137. The second kappa shape index (κ2) is 6.91. The van der Waals surface area contributed by atoms with E-state index in [1.54, 1.807) is 0 Å². The number of hydrogen-bond acceptors (Lipinski definition) is 2. The predicted molar refractivity (Wildman–Crippen MR) is 85.7 cm³/mol. The maximum absolute atomic E-state index is 12.6. The van der Waals surface area contributed by atoms with Crippen LogP contribution in [-0.2, 0) is 6.18 Å². The molecular formula is C15H10F3IN2O. The number of carbonyl (C=O) groups is 1. The highest BCUT2D eigenvalue weighted by molar-refractivity contribution is 14.1. The van der Waals surface area contributed by atoms with Crippen molar-refractivity contribution in [2.75, 3.05) is 0 Å². The Balaban J connectivity index is 2.05. The normalized spacial score (nSPS) is 11.6. The van der Waals surface area contributed by atoms with Crippen LogP contribution in [0.4, 0.5) is 13.2 Å². The van der Waals surface area contributed by atoms with Crippen LogP contribution >= 0.6 is 22.6 Å². The van der Waals surface area contributed by atoms with Crippen LogP contribution in [0.15, 0.2) is 53.6 Å². The molecule has 7 heteroatoms. The summed E-state index contributed by atoms with van der Waals surface area (Å²) in [6, 6.07) is 11.5. The molecule has 0 fully saturated rings. The van der Waals surface area contributed by atoms with Gasteiger partial charge in [0.15, 0.2) is 0 Å². The first-order valence-electron chi connectivity index (χ1n) is 6.12. The van der Waals surface area contributed by atoms with Crippen LogP contribution in [0.2, 0.25) is 0 Å². The van der Waals surface area contributed by atoms with Gasteiger partial charge in [-0.25, -0.2) is 5.43 Å². The van der Waals surface area contributed by atoms with Crippen LogP contribution in [0.5, 0.6) is 0 Å². The molecule has 0 saturated carbocycles. The summed E-state index contributed by atoms with van der Waals surface area (Å²) < 4.78 is 38.8. The van der Waals surface area contributed by atoms with E-state index in [1.807, 2.05) is 24.3 Å². The minimum Gasteiger partial charge on any atom is -0.267 e. The van der Waals surface area contributed by atoms with Gasteiger partial charge < -0.3 is 0 Å². The molecule has 3 nitrogen and oxygen atoms in total. The molecule has 0 aliphatic carbocycles. The molecule has 0 radical (unpaired) electrons. The average Bonchev–Trinajstić information content (AvgIpc) is 2.48. The number of benzene rings is 2. The molecule has 0 aliphatic heterocycles. The van der Waals surface area contributed by atoms with Crippen LogP contribution in [-0.4, -0.2) is 12.1 Å². The summed E-state index contributed by atoms with van der Waals surface area (Å²) in [7, 11) is 0. The van der Waals surface area contributed by atoms with Crippen molar-refractivity contribution in [3.05, 3.63) is 68.8 Å². The summed E-state index contributed by atoms with van der Waals surface area (Å²) in [5, 5.41) is 3.73. The van der Waals surface area contributed by atoms with Gasteiger partial charge in [0.2, 0.25) is 0 Å². The van der Waals surface area contributed by atoms with E-state index < -0.39 is 17.6 Å². The number of carbonyl (C=O) groups excluding carboxylic acids is 1. The molecule has 0 aromatic heterocycles. The van der Waals surface area contributed by atoms with Crippen LogP contribution < -0.4 is 5.43 Å². The van der Waals surface area contributed by atoms with Gasteiger partial charge in [0.1, 0.15) is 0 Å². The van der Waals surface area contributed by atoms with Gasteiger partial charge >= 0.3 is 6.18 Å². The Morgan fingerprint density at radius 3 is 2.45 bits per heavy atom. The Morgan fingerprint density at radius 1 is 1.14 bits per heavy atom. The lowest BCUT2D eigenvalue weighted by atomic mass is 10.1. The second-order valence-electron chi connectivity index (χ2n) is 4.33. The quantitative estimate of drug-likeness (QED) is 0.456. The van der Waals surface area contributed by atoms with Crippen molar-refractivity contribution in [1.82, 2.24) is 5.43 Å². The summed E-state index contributed by atoms with van der Waals surface area (Å²) in [5.74, 6) is -0.701. The SMILES string of the molecule is O=C(N/N=C/c1ccc(I)cc1)c1cccc(C(F)(F)F)c1. The maximum Gasteiger partial charge on any atom is 0.416 e. The van der Waals surface area contributed by atoms with Crippen molar-refractivity contribution in [3.63, 3.8) is 0 Å². The molecular weight excluding hydrogens is 408 g/mol. The number of nitrogens with one attached hydrogen (secondary N) is 1. The average molecular weight is 418 g/mol. The Kier molecular flexibility index (Phi) is 5.17. The molecule has 22 heavy (non-hydrogen) atoms. The highest BCUT2D eigenvalue weighted by Crippen LogP contribution is 2.29. The molecule has 0 spiro atoms. The smallest absolute Gasteiger partial charge is 0.267 e. The molecule has 0 saturated heterocycles. The molecule has 0 bridgehead atoms. The lowest BCUT2D eigenvalue weighted by Gasteiger charge is -2.07. The third-order valence-electron chi connectivity index (χ3n) is 2.70. The first-order chi connectivity index (χ1) is 10.4. The van der Waals surface area contributed by atoms with Crippen LogP contribution in [0, 0.1) is 3.57 Å². The van der Waals surface area contributed by atoms with Crippen LogP contribution in [0.3, 0.4) is 0 Å². The number of nitrogens with zero attached hydrogens (tertiary/aromatic N) is 1. The number of hydrogen-bond donors (Lipinski definition) is 1. The molecule has 2 aromatic carbocycles. The predicted octanol–water partition coefficient (Wildman–Crippen LogP) is 4.07. The van der Waals surface area contributed by atoms with Crippen molar-refractivity contribution in [3.8, 4) is 0 Å². The molecule has 0 atom stereocenters. The van der Waals surface area contributed by atoms with E-state index in [-0.39, 0.29) is 5.56 Å². The van der Waals surface area contributed by atoms with Crippen molar-refractivity contribution in [1.29, 1.82) is 0 Å². The second-order valence-corrected chi connectivity index (χ2v) is 5.57. The van der Waals surface area contributed by atoms with E-state index in [9.17, 15) is 18.0 Å². The largest absolute Gasteiger partial charge is 0.416 e. The zero-order valence-electron chi connectivity index (χ0n) is 11.1. The molecule has 1 N–H and O–H groups in total. The Hall–Kier alpha value is -1.90. The fraction of sp³-hybridized carbons (Fsp3) is 0.0667. The summed E-state index contributed by atoms with van der Waals surface area (Å²) in [6.45, 7) is 0. The van der Waals surface area contributed by atoms with Gasteiger partial charge in [0.25, 0.3) is 5.91 Å². The van der Waals surface area contributed by atoms with Crippen LogP contribution in [0.1, 0.15) is 21.5 Å². The zero-order chi connectivity index (χ0) is 16.2. The maximum atomic E-state index is 12.6. The zero-order valence-corrected chi connectivity index (χ0v) is 13.2. The van der Waals surface area contributed by atoms with Crippen molar-refractivity contribution < 1.29 is 18.0 Å². The van der Waals surface area contributed by atoms with E-state index in [2.05, 4.69) is 33.1 Å². The third kappa shape index (κ3) is 4.55. The highest BCUT2D eigenvalue weighted by Gasteiger charge is 2.30. The van der Waals surface area contributed by atoms with Gasteiger partial charge in [-0.2, -0.15) is 18.3 Å². The number of hydrazone groups is 1. The summed E-state index contributed by atoms with van der Waals surface area (Å²) in [4.78, 5) is 11.8. The topological polar surface area (TPSA) is 41.5 Å². The molecule has 0 aliphatic rings. The van der Waals surface area contributed by atoms with E-state index in [4.69, 9.17) is 0 Å². The van der Waals surface area contributed by atoms with E-state index >= 15 is 0 Å². The summed E-state index contributed by atoms with van der Waals surface area (Å²) >= 11 is 2.16. The van der Waals surface area contributed by atoms with Gasteiger partial charge in [-0.15, -0.1) is 0 Å². The number of rotatable bonds is 3. The fourth-order valence-electron chi connectivity index (χ4n) is 1.62. The molecule has 2 rings (SSSR count). The Bertz CT molecular complexity index is 697. The molecule has 0 heterocycles. The molecule has 1 amide bonds. The van der Waals surface area contributed by atoms with E-state index in [0.717, 1.165) is 21.3 Å². The highest BCUT2D eigenvalue weighted by atomic mass is 127. The van der Waals surface area contributed by atoms with Crippen molar-refractivity contribution >= 4 is 34.7 Å². The number of halogens is 4. The van der Waals surface area contributed by atoms with Gasteiger partial charge in [0, 0.05) is 9.13 Å². The van der Waals surface area contributed by atoms with Gasteiger partial charge in [-0.05, 0) is 58.5 Å². The Labute approximate surface area is 138 Å². The number of amides is 1. The summed E-state index contributed by atoms with van der Waals surface area (Å²) in [5.41, 5.74) is 1.99. The van der Waals surface area contributed by atoms with E-state index in [1.165, 1.54) is 18.3 Å². The van der Waals surface area contributed by atoms with Crippen molar-refractivity contribution in [2.24, 2.45) is 5.10 Å². The number of alkyl halides is 3. The molecule has 2 aromatic rings. The lowest BCUT2D eigenvalue weighted by Crippen LogP contribution is -2.18.